The van der Waals surface area contributed by atoms with Crippen LogP contribution < -0.4 is 10.1 Å². The fraction of sp³-hybridized carbons (Fsp3) is 0.556. The van der Waals surface area contributed by atoms with E-state index in [0.717, 1.165) is 44.8 Å². The van der Waals surface area contributed by atoms with Gasteiger partial charge in [0, 0.05) is 32.2 Å². The number of nitrogens with one attached hydrogen (secondary N) is 1. The largest absolute Gasteiger partial charge is 0.491 e. The van der Waals surface area contributed by atoms with Crippen molar-refractivity contribution >= 4 is 0 Å². The molecule has 0 radical (unpaired) electrons. The van der Waals surface area contributed by atoms with Crippen molar-refractivity contribution in [1.82, 2.24) is 10.2 Å². The first kappa shape index (κ1) is 16.1. The van der Waals surface area contributed by atoms with Gasteiger partial charge in [0.1, 0.15) is 5.75 Å². The van der Waals surface area contributed by atoms with Crippen LogP contribution >= 0.6 is 0 Å². The molecule has 1 aliphatic rings. The summed E-state index contributed by atoms with van der Waals surface area (Å²) in [6.45, 7) is 12.4. The van der Waals surface area contributed by atoms with Gasteiger partial charge in [0.25, 0.3) is 0 Å². The third kappa shape index (κ3) is 4.87. The Kier molecular flexibility index (Phi) is 6.27. The number of allylic oxidation sites excluding steroid dienone is 1. The molecule has 2 rings (SSSR count). The van der Waals surface area contributed by atoms with Crippen molar-refractivity contribution in [1.29, 1.82) is 0 Å². The van der Waals surface area contributed by atoms with Crippen LogP contribution in [0.1, 0.15) is 38.3 Å². The van der Waals surface area contributed by atoms with Crippen LogP contribution in [0.25, 0.3) is 0 Å². The molecule has 1 aliphatic heterocycles. The number of piperazine rings is 1. The Morgan fingerprint density at radius 2 is 1.90 bits per heavy atom. The summed E-state index contributed by atoms with van der Waals surface area (Å²) >= 11 is 0. The number of benzene rings is 1. The van der Waals surface area contributed by atoms with Gasteiger partial charge < -0.3 is 10.1 Å². The highest BCUT2D eigenvalue weighted by Crippen LogP contribution is 2.28. The molecule has 0 amide bonds. The fourth-order valence-corrected chi connectivity index (χ4v) is 2.87. The highest BCUT2D eigenvalue weighted by atomic mass is 16.5. The maximum atomic E-state index is 5.74. The van der Waals surface area contributed by atoms with Crippen LogP contribution in [0.4, 0.5) is 0 Å². The van der Waals surface area contributed by atoms with Gasteiger partial charge in [0.15, 0.2) is 0 Å². The lowest BCUT2D eigenvalue weighted by Gasteiger charge is -2.35. The summed E-state index contributed by atoms with van der Waals surface area (Å²) < 4.78 is 5.74. The molecule has 0 aliphatic carbocycles. The molecule has 3 heteroatoms. The van der Waals surface area contributed by atoms with Gasteiger partial charge >= 0.3 is 0 Å². The van der Waals surface area contributed by atoms with E-state index in [0.29, 0.717) is 6.04 Å². The van der Waals surface area contributed by atoms with Gasteiger partial charge in [-0.15, -0.1) is 6.58 Å². The van der Waals surface area contributed by atoms with Crippen LogP contribution in [-0.2, 0) is 0 Å². The fourth-order valence-electron chi connectivity index (χ4n) is 2.87. The zero-order valence-corrected chi connectivity index (χ0v) is 13.3. The average molecular weight is 288 g/mol. The standard InChI is InChI=1S/C18H28N2O/c1-4-5-6-18(20-13-11-19-12-14-20)16-7-9-17(10-8-16)21-15(2)3/h4,7-10,15,18-19H,1,5-6,11-14H2,2-3H3/t18-/m1/s1. The minimum Gasteiger partial charge on any atom is -0.491 e. The van der Waals surface area contributed by atoms with E-state index in [1.807, 2.05) is 6.08 Å². The first-order chi connectivity index (χ1) is 10.2. The van der Waals surface area contributed by atoms with E-state index in [2.05, 4.69) is 54.9 Å². The molecule has 0 unspecified atom stereocenters. The Hall–Kier alpha value is -1.32. The summed E-state index contributed by atoms with van der Waals surface area (Å²) in [5.41, 5.74) is 1.38. The smallest absolute Gasteiger partial charge is 0.119 e. The molecule has 0 bridgehead atoms. The number of hydrogen-bond donors (Lipinski definition) is 1. The molecule has 1 aromatic carbocycles. The first-order valence-electron chi connectivity index (χ1n) is 8.03. The molecule has 116 valence electrons. The van der Waals surface area contributed by atoms with Gasteiger partial charge in [0.2, 0.25) is 0 Å². The van der Waals surface area contributed by atoms with Crippen LogP contribution in [0, 0.1) is 0 Å². The topological polar surface area (TPSA) is 24.5 Å². The second kappa shape index (κ2) is 8.20. The van der Waals surface area contributed by atoms with E-state index in [1.54, 1.807) is 0 Å². The summed E-state index contributed by atoms with van der Waals surface area (Å²) in [6.07, 6.45) is 4.43. The summed E-state index contributed by atoms with van der Waals surface area (Å²) in [5, 5.41) is 3.43. The van der Waals surface area contributed by atoms with Crippen molar-refractivity contribution in [2.45, 2.75) is 38.8 Å². The third-order valence-corrected chi connectivity index (χ3v) is 3.87. The molecule has 21 heavy (non-hydrogen) atoms. The summed E-state index contributed by atoms with van der Waals surface area (Å²) in [7, 11) is 0. The van der Waals surface area contributed by atoms with Gasteiger partial charge in [-0.05, 0) is 44.4 Å². The monoisotopic (exact) mass is 288 g/mol. The minimum absolute atomic E-state index is 0.223. The van der Waals surface area contributed by atoms with Gasteiger partial charge in [-0.2, -0.15) is 0 Å². The second-order valence-electron chi connectivity index (χ2n) is 5.90. The Morgan fingerprint density at radius 1 is 1.24 bits per heavy atom. The molecule has 1 aromatic rings. The van der Waals surface area contributed by atoms with Gasteiger partial charge in [-0.25, -0.2) is 0 Å². The predicted molar refractivity (Wildman–Crippen MR) is 88.8 cm³/mol. The lowest BCUT2D eigenvalue weighted by atomic mass is 9.99. The molecular formula is C18H28N2O. The number of ether oxygens (including phenoxy) is 1. The molecule has 1 N–H and O–H groups in total. The second-order valence-corrected chi connectivity index (χ2v) is 5.90. The summed E-state index contributed by atoms with van der Waals surface area (Å²) in [5.74, 6) is 0.955. The molecule has 1 atom stereocenters. The van der Waals surface area contributed by atoms with E-state index in [-0.39, 0.29) is 6.10 Å². The maximum absolute atomic E-state index is 5.74. The normalized spacial score (nSPS) is 17.7. The predicted octanol–water partition coefficient (Wildman–Crippen LogP) is 3.39. The minimum atomic E-state index is 0.223. The lowest BCUT2D eigenvalue weighted by Crippen LogP contribution is -2.45. The molecule has 0 spiro atoms. The van der Waals surface area contributed by atoms with Crippen molar-refractivity contribution in [3.05, 3.63) is 42.5 Å². The molecule has 1 saturated heterocycles. The van der Waals surface area contributed by atoms with Crippen molar-refractivity contribution in [2.75, 3.05) is 26.2 Å². The van der Waals surface area contributed by atoms with Crippen LogP contribution in [0.2, 0.25) is 0 Å². The zero-order chi connectivity index (χ0) is 15.1. The Bertz CT molecular complexity index is 421. The average Bonchev–Trinajstić information content (AvgIpc) is 2.50. The number of rotatable bonds is 7. The highest BCUT2D eigenvalue weighted by molar-refractivity contribution is 5.29. The Balaban J connectivity index is 2.09. The molecule has 0 saturated carbocycles. The molecule has 1 heterocycles. The van der Waals surface area contributed by atoms with E-state index in [1.165, 1.54) is 5.56 Å². The van der Waals surface area contributed by atoms with E-state index >= 15 is 0 Å². The van der Waals surface area contributed by atoms with E-state index in [9.17, 15) is 0 Å². The Morgan fingerprint density at radius 3 is 2.48 bits per heavy atom. The van der Waals surface area contributed by atoms with Crippen LogP contribution in [-0.4, -0.2) is 37.2 Å². The van der Waals surface area contributed by atoms with Crippen molar-refractivity contribution < 1.29 is 4.74 Å². The first-order valence-corrected chi connectivity index (χ1v) is 8.03. The quantitative estimate of drug-likeness (QED) is 0.778. The SMILES string of the molecule is C=CCC[C@H](c1ccc(OC(C)C)cc1)N1CCNCC1. The lowest BCUT2D eigenvalue weighted by molar-refractivity contribution is 0.166. The van der Waals surface area contributed by atoms with Gasteiger partial charge in [-0.1, -0.05) is 18.2 Å². The van der Waals surface area contributed by atoms with E-state index in [4.69, 9.17) is 4.74 Å². The highest BCUT2D eigenvalue weighted by Gasteiger charge is 2.21. The van der Waals surface area contributed by atoms with Gasteiger partial charge in [0.05, 0.1) is 6.10 Å². The van der Waals surface area contributed by atoms with Gasteiger partial charge in [-0.3, -0.25) is 4.90 Å². The summed E-state index contributed by atoms with van der Waals surface area (Å²) in [4.78, 5) is 2.58. The molecule has 0 aromatic heterocycles. The molecule has 3 nitrogen and oxygen atoms in total. The van der Waals surface area contributed by atoms with E-state index < -0.39 is 0 Å². The van der Waals surface area contributed by atoms with Crippen LogP contribution in [0.5, 0.6) is 5.75 Å². The molecular weight excluding hydrogens is 260 g/mol. The third-order valence-electron chi connectivity index (χ3n) is 3.87. The number of hydrogen-bond acceptors (Lipinski definition) is 3. The van der Waals surface area contributed by atoms with Crippen LogP contribution in [0.3, 0.4) is 0 Å². The Labute approximate surface area is 129 Å². The molecule has 1 fully saturated rings. The maximum Gasteiger partial charge on any atom is 0.119 e. The summed E-state index contributed by atoms with van der Waals surface area (Å²) in [6, 6.07) is 9.11. The zero-order valence-electron chi connectivity index (χ0n) is 13.3. The van der Waals surface area contributed by atoms with Crippen molar-refractivity contribution in [3.8, 4) is 5.75 Å². The van der Waals surface area contributed by atoms with Crippen LogP contribution in [0.15, 0.2) is 36.9 Å². The van der Waals surface area contributed by atoms with Crippen molar-refractivity contribution in [3.63, 3.8) is 0 Å². The van der Waals surface area contributed by atoms with Crippen molar-refractivity contribution in [2.24, 2.45) is 0 Å². The number of nitrogens with zero attached hydrogens (tertiary/aromatic N) is 1.